The fourth-order valence-corrected chi connectivity index (χ4v) is 4.18. The lowest BCUT2D eigenvalue weighted by Gasteiger charge is -2.32. The van der Waals surface area contributed by atoms with Gasteiger partial charge in [0.15, 0.2) is 0 Å². The van der Waals surface area contributed by atoms with Crippen LogP contribution in [-0.2, 0) is 35.0 Å². The van der Waals surface area contributed by atoms with Crippen molar-refractivity contribution in [3.63, 3.8) is 0 Å². The molecule has 2 aromatic rings. The average molecular weight is 412 g/mol. The molecule has 0 bridgehead atoms. The fourth-order valence-electron chi connectivity index (χ4n) is 4.18. The third kappa shape index (κ3) is 3.78. The molecule has 30 heavy (non-hydrogen) atoms. The van der Waals surface area contributed by atoms with Crippen molar-refractivity contribution in [1.29, 1.82) is 0 Å². The Kier molecular flexibility index (Phi) is 6.47. The topological polar surface area (TPSA) is 104 Å². The minimum atomic E-state index is -1.55. The van der Waals surface area contributed by atoms with Crippen molar-refractivity contribution in [3.8, 4) is 0 Å². The third-order valence-electron chi connectivity index (χ3n) is 5.47. The summed E-state index contributed by atoms with van der Waals surface area (Å²) in [6, 6.07) is 13.6. The molecule has 0 radical (unpaired) electrons. The monoisotopic (exact) mass is 412 g/mol. The molecule has 1 fully saturated rings. The van der Waals surface area contributed by atoms with E-state index in [1.165, 1.54) is 21.3 Å². The minimum absolute atomic E-state index is 0.108. The summed E-state index contributed by atoms with van der Waals surface area (Å²) >= 11 is 0. The summed E-state index contributed by atoms with van der Waals surface area (Å²) in [5.41, 5.74) is -0.264. The molecule has 1 aliphatic rings. The maximum Gasteiger partial charge on any atom is 0.327 e. The van der Waals surface area contributed by atoms with Crippen molar-refractivity contribution in [2.75, 3.05) is 21.3 Å². The summed E-state index contributed by atoms with van der Waals surface area (Å²) in [7, 11) is 3.70. The van der Waals surface area contributed by atoms with Gasteiger partial charge in [0.25, 0.3) is 0 Å². The van der Waals surface area contributed by atoms with Crippen LogP contribution in [0.5, 0.6) is 0 Å². The van der Waals surface area contributed by atoms with Gasteiger partial charge < -0.3 is 14.2 Å². The number of esters is 3. The van der Waals surface area contributed by atoms with E-state index in [-0.39, 0.29) is 6.42 Å². The highest BCUT2D eigenvalue weighted by molar-refractivity contribution is 5.94. The van der Waals surface area contributed by atoms with Crippen molar-refractivity contribution in [3.05, 3.63) is 66.0 Å². The van der Waals surface area contributed by atoms with E-state index in [4.69, 9.17) is 14.2 Å². The van der Waals surface area contributed by atoms with Gasteiger partial charge in [0.1, 0.15) is 11.5 Å². The van der Waals surface area contributed by atoms with Crippen LogP contribution in [0, 0.1) is 11.8 Å². The summed E-state index contributed by atoms with van der Waals surface area (Å²) in [6.07, 6.45) is 1.69. The molecule has 0 saturated carbocycles. The minimum Gasteiger partial charge on any atom is -0.469 e. The molecule has 0 aliphatic carbocycles. The molecule has 1 aromatic heterocycles. The van der Waals surface area contributed by atoms with Gasteiger partial charge in [-0.05, 0) is 17.7 Å². The molecule has 158 valence electrons. The lowest BCUT2D eigenvalue weighted by atomic mass is 9.75. The molecule has 2 heterocycles. The normalized spacial score (nSPS) is 25.4. The molecule has 3 rings (SSSR count). The molecule has 4 atom stereocenters. The smallest absolute Gasteiger partial charge is 0.327 e. The second-order valence-electron chi connectivity index (χ2n) is 7.05. The van der Waals surface area contributed by atoms with Crippen molar-refractivity contribution in [1.82, 2.24) is 10.3 Å². The number of nitrogens with zero attached hydrogens (tertiary/aromatic N) is 1. The Morgan fingerprint density at radius 2 is 1.60 bits per heavy atom. The predicted octanol–water partition coefficient (Wildman–Crippen LogP) is 1.46. The van der Waals surface area contributed by atoms with E-state index in [0.29, 0.717) is 5.69 Å². The van der Waals surface area contributed by atoms with Crippen LogP contribution in [0.25, 0.3) is 0 Å². The van der Waals surface area contributed by atoms with Gasteiger partial charge in [0, 0.05) is 12.6 Å². The summed E-state index contributed by atoms with van der Waals surface area (Å²) in [4.78, 5) is 43.2. The maximum atomic E-state index is 13.1. The highest BCUT2D eigenvalue weighted by Crippen LogP contribution is 2.46. The second-order valence-corrected chi connectivity index (χ2v) is 7.05. The van der Waals surface area contributed by atoms with Crippen LogP contribution in [0.3, 0.4) is 0 Å². The van der Waals surface area contributed by atoms with Crippen LogP contribution in [0.4, 0.5) is 0 Å². The van der Waals surface area contributed by atoms with Gasteiger partial charge in [-0.3, -0.25) is 24.7 Å². The van der Waals surface area contributed by atoms with Gasteiger partial charge in [-0.25, -0.2) is 0 Å². The number of hydrogen-bond donors (Lipinski definition) is 1. The molecule has 8 nitrogen and oxygen atoms in total. The molecular weight excluding hydrogens is 388 g/mol. The number of carbonyl (C=O) groups is 3. The molecule has 1 aromatic carbocycles. The Morgan fingerprint density at radius 3 is 2.17 bits per heavy atom. The largest absolute Gasteiger partial charge is 0.469 e. The van der Waals surface area contributed by atoms with Crippen LogP contribution >= 0.6 is 0 Å². The highest BCUT2D eigenvalue weighted by atomic mass is 16.5. The molecule has 1 saturated heterocycles. The maximum absolute atomic E-state index is 13.1. The quantitative estimate of drug-likeness (QED) is 0.562. The summed E-state index contributed by atoms with van der Waals surface area (Å²) in [5.74, 6) is -4.26. The first-order valence-corrected chi connectivity index (χ1v) is 9.45. The summed E-state index contributed by atoms with van der Waals surface area (Å²) < 4.78 is 15.1. The number of ether oxygens (including phenoxy) is 3. The van der Waals surface area contributed by atoms with Gasteiger partial charge in [-0.1, -0.05) is 36.4 Å². The van der Waals surface area contributed by atoms with Crippen LogP contribution in [0.15, 0.2) is 54.7 Å². The lowest BCUT2D eigenvalue weighted by molar-refractivity contribution is -0.164. The zero-order valence-electron chi connectivity index (χ0n) is 17.0. The Labute approximate surface area is 174 Å². The number of pyridine rings is 1. The fraction of sp³-hybridized carbons (Fsp3) is 0.364. The first kappa shape index (κ1) is 21.4. The number of carbonyl (C=O) groups excluding carboxylic acids is 3. The second kappa shape index (κ2) is 9.04. The van der Waals surface area contributed by atoms with Crippen LogP contribution < -0.4 is 5.32 Å². The Balaban J connectivity index is 2.20. The number of rotatable bonds is 6. The standard InChI is InChI=1S/C22H24N2O6/c1-28-19(25)16-17(20(26)29-2)22(21(27)30-3,13-14-9-5-4-6-10-14)24-18(16)15-11-7-8-12-23-15/h4-12,16-18,24H,13H2,1-3H3/t16-,17-,18-,22-/m1/s1. The van der Waals surface area contributed by atoms with Crippen LogP contribution in [0.1, 0.15) is 17.3 Å². The van der Waals surface area contributed by atoms with E-state index in [1.54, 1.807) is 24.4 Å². The number of benzene rings is 1. The van der Waals surface area contributed by atoms with E-state index in [9.17, 15) is 14.4 Å². The van der Waals surface area contributed by atoms with Crippen LogP contribution in [0.2, 0.25) is 0 Å². The van der Waals surface area contributed by atoms with Crippen molar-refractivity contribution < 1.29 is 28.6 Å². The molecule has 1 aliphatic heterocycles. The molecule has 0 unspecified atom stereocenters. The predicted molar refractivity (Wildman–Crippen MR) is 106 cm³/mol. The van der Waals surface area contributed by atoms with Crippen molar-refractivity contribution >= 4 is 17.9 Å². The van der Waals surface area contributed by atoms with Gasteiger partial charge in [0.2, 0.25) is 0 Å². The van der Waals surface area contributed by atoms with Gasteiger partial charge >= 0.3 is 17.9 Å². The van der Waals surface area contributed by atoms with E-state index in [0.717, 1.165) is 5.56 Å². The van der Waals surface area contributed by atoms with E-state index in [1.807, 2.05) is 30.3 Å². The highest BCUT2D eigenvalue weighted by Gasteiger charge is 2.65. The van der Waals surface area contributed by atoms with Gasteiger partial charge in [0.05, 0.1) is 39.0 Å². The van der Waals surface area contributed by atoms with Crippen LogP contribution in [-0.4, -0.2) is 49.8 Å². The van der Waals surface area contributed by atoms with E-state index >= 15 is 0 Å². The number of methoxy groups -OCH3 is 3. The number of nitrogens with one attached hydrogen (secondary N) is 1. The first-order valence-electron chi connectivity index (χ1n) is 9.45. The zero-order valence-corrected chi connectivity index (χ0v) is 17.0. The molecular formula is C22H24N2O6. The van der Waals surface area contributed by atoms with Crippen molar-refractivity contribution in [2.45, 2.75) is 18.0 Å². The molecule has 0 amide bonds. The molecule has 1 N–H and O–H groups in total. The molecule has 0 spiro atoms. The summed E-state index contributed by atoms with van der Waals surface area (Å²) in [6.45, 7) is 0. The Bertz CT molecular complexity index is 904. The SMILES string of the molecule is COC(=O)[C@H]1[C@@H](c2ccccn2)N[C@@](Cc2ccccc2)(C(=O)OC)[C@H]1C(=O)OC. The van der Waals surface area contributed by atoms with E-state index in [2.05, 4.69) is 10.3 Å². The van der Waals surface area contributed by atoms with Crippen molar-refractivity contribution in [2.24, 2.45) is 11.8 Å². The Morgan fingerprint density at radius 1 is 0.933 bits per heavy atom. The molecule has 8 heteroatoms. The number of hydrogen-bond acceptors (Lipinski definition) is 8. The zero-order chi connectivity index (χ0) is 21.7. The van der Waals surface area contributed by atoms with Gasteiger partial charge in [-0.2, -0.15) is 0 Å². The van der Waals surface area contributed by atoms with Gasteiger partial charge in [-0.15, -0.1) is 0 Å². The van der Waals surface area contributed by atoms with E-state index < -0.39 is 41.3 Å². The Hall–Kier alpha value is -3.26. The average Bonchev–Trinajstić information content (AvgIpc) is 3.14. The first-order chi connectivity index (χ1) is 14.5. The third-order valence-corrected chi connectivity index (χ3v) is 5.47. The number of aromatic nitrogens is 1. The summed E-state index contributed by atoms with van der Waals surface area (Å²) in [5, 5.41) is 3.21. The lowest BCUT2D eigenvalue weighted by Crippen LogP contribution is -2.57.